The van der Waals surface area contributed by atoms with Crippen LogP contribution in [0.3, 0.4) is 0 Å². The number of carboxylic acid groups (broad SMARTS) is 1. The number of carbonyl (C=O) groups excluding carboxylic acids is 1. The van der Waals surface area contributed by atoms with Gasteiger partial charge < -0.3 is 14.7 Å². The van der Waals surface area contributed by atoms with Gasteiger partial charge in [0.15, 0.2) is 0 Å². The van der Waals surface area contributed by atoms with Crippen LogP contribution in [0.2, 0.25) is 0 Å². The largest absolute Gasteiger partial charge is 0.481 e. The highest BCUT2D eigenvalue weighted by Crippen LogP contribution is 2.34. The number of nitrogens with zero attached hydrogens (tertiary/aromatic N) is 2. The second-order valence-corrected chi connectivity index (χ2v) is 7.07. The van der Waals surface area contributed by atoms with Crippen LogP contribution in [0.15, 0.2) is 12.1 Å². The van der Waals surface area contributed by atoms with Crippen LogP contribution in [-0.4, -0.2) is 52.6 Å². The van der Waals surface area contributed by atoms with Crippen LogP contribution in [0, 0.1) is 34.7 Å². The molecule has 1 N–H and O–H groups in total. The molecule has 9 heteroatoms. The molecule has 0 aliphatic carbocycles. The van der Waals surface area contributed by atoms with Crippen molar-refractivity contribution in [3.8, 4) is 0 Å². The van der Waals surface area contributed by atoms with Crippen molar-refractivity contribution in [3.63, 3.8) is 0 Å². The summed E-state index contributed by atoms with van der Waals surface area (Å²) in [7, 11) is 0. The zero-order valence-corrected chi connectivity index (χ0v) is 14.9. The molecule has 3 rings (SSSR count). The summed E-state index contributed by atoms with van der Waals surface area (Å²) in [5.74, 6) is -2.67. The van der Waals surface area contributed by atoms with Gasteiger partial charge in [0, 0.05) is 25.3 Å². The van der Waals surface area contributed by atoms with E-state index in [0.717, 1.165) is 12.1 Å². The first kappa shape index (κ1) is 19.2. The van der Waals surface area contributed by atoms with E-state index in [0.29, 0.717) is 39.0 Å². The Kier molecular flexibility index (Phi) is 5.41. The number of hydrogen-bond acceptors (Lipinski definition) is 5. The van der Waals surface area contributed by atoms with Crippen molar-refractivity contribution in [3.05, 3.63) is 39.2 Å². The lowest BCUT2D eigenvalue weighted by Crippen LogP contribution is -2.43. The van der Waals surface area contributed by atoms with Gasteiger partial charge in [-0.25, -0.2) is 4.39 Å². The second kappa shape index (κ2) is 7.59. The fraction of sp³-hybridized carbons (Fsp3) is 0.556. The van der Waals surface area contributed by atoms with Crippen LogP contribution >= 0.6 is 0 Å². The fourth-order valence-electron chi connectivity index (χ4n) is 4.08. The third kappa shape index (κ3) is 3.78. The van der Waals surface area contributed by atoms with Crippen molar-refractivity contribution in [2.45, 2.75) is 32.3 Å². The fourth-order valence-corrected chi connectivity index (χ4v) is 4.08. The molecule has 0 radical (unpaired) electrons. The molecule has 0 spiro atoms. The second-order valence-electron chi connectivity index (χ2n) is 7.07. The van der Waals surface area contributed by atoms with E-state index in [9.17, 15) is 29.2 Å². The Morgan fingerprint density at radius 3 is 2.56 bits per heavy atom. The number of piperidine rings is 1. The van der Waals surface area contributed by atoms with Crippen molar-refractivity contribution in [2.75, 3.05) is 19.7 Å². The molecule has 2 fully saturated rings. The Morgan fingerprint density at radius 2 is 1.96 bits per heavy atom. The van der Waals surface area contributed by atoms with Gasteiger partial charge in [-0.15, -0.1) is 0 Å². The molecule has 0 saturated carbocycles. The average molecular weight is 380 g/mol. The van der Waals surface area contributed by atoms with Crippen LogP contribution in [0.4, 0.5) is 10.1 Å². The molecule has 146 valence electrons. The summed E-state index contributed by atoms with van der Waals surface area (Å²) < 4.78 is 19.3. The van der Waals surface area contributed by atoms with Gasteiger partial charge in [-0.1, -0.05) is 0 Å². The summed E-state index contributed by atoms with van der Waals surface area (Å²) in [4.78, 5) is 36.2. The normalized spacial score (nSPS) is 23.4. The van der Waals surface area contributed by atoms with E-state index in [1.807, 2.05) is 0 Å². The first-order valence-electron chi connectivity index (χ1n) is 8.87. The number of carboxylic acids is 1. The molecular weight excluding hydrogens is 359 g/mol. The van der Waals surface area contributed by atoms with Crippen molar-refractivity contribution in [2.24, 2.45) is 11.8 Å². The number of ether oxygens (including phenoxy) is 1. The SMILES string of the molecule is Cc1cc(F)cc(C(=O)N2CCC([C@@H]3OCCC3C(=O)O)CC2)c1[N+](=O)[O-]. The number of aliphatic carboxylic acids is 1. The molecular formula is C18H21FN2O6. The van der Waals surface area contributed by atoms with E-state index in [-0.39, 0.29) is 28.8 Å². The highest BCUT2D eigenvalue weighted by molar-refractivity contribution is 5.98. The molecule has 2 heterocycles. The first-order valence-corrected chi connectivity index (χ1v) is 8.87. The maximum Gasteiger partial charge on any atom is 0.309 e. The quantitative estimate of drug-likeness (QED) is 0.634. The molecule has 2 saturated heterocycles. The zero-order chi connectivity index (χ0) is 19.7. The minimum absolute atomic E-state index is 0.0156. The summed E-state index contributed by atoms with van der Waals surface area (Å²) in [5, 5.41) is 20.6. The molecule has 0 bridgehead atoms. The molecule has 1 aromatic rings. The number of hydrogen-bond donors (Lipinski definition) is 1. The first-order chi connectivity index (χ1) is 12.8. The number of amides is 1. The number of halogens is 1. The van der Waals surface area contributed by atoms with E-state index in [4.69, 9.17) is 4.74 Å². The Hall–Kier alpha value is -2.55. The lowest BCUT2D eigenvalue weighted by molar-refractivity contribution is -0.385. The van der Waals surface area contributed by atoms with Crippen molar-refractivity contribution < 1.29 is 28.7 Å². The van der Waals surface area contributed by atoms with Gasteiger partial charge in [0.05, 0.1) is 16.9 Å². The van der Waals surface area contributed by atoms with Gasteiger partial charge in [-0.05, 0) is 44.2 Å². The summed E-state index contributed by atoms with van der Waals surface area (Å²) >= 11 is 0. The van der Waals surface area contributed by atoms with Gasteiger partial charge in [0.25, 0.3) is 11.6 Å². The van der Waals surface area contributed by atoms with Gasteiger partial charge >= 0.3 is 5.97 Å². The highest BCUT2D eigenvalue weighted by atomic mass is 19.1. The lowest BCUT2D eigenvalue weighted by Gasteiger charge is -2.35. The smallest absolute Gasteiger partial charge is 0.309 e. The molecule has 27 heavy (non-hydrogen) atoms. The molecule has 1 aromatic carbocycles. The molecule has 1 unspecified atom stereocenters. The van der Waals surface area contributed by atoms with Crippen LogP contribution in [-0.2, 0) is 9.53 Å². The summed E-state index contributed by atoms with van der Waals surface area (Å²) in [6, 6.07) is 1.94. The van der Waals surface area contributed by atoms with E-state index >= 15 is 0 Å². The van der Waals surface area contributed by atoms with Crippen LogP contribution in [0.5, 0.6) is 0 Å². The van der Waals surface area contributed by atoms with Gasteiger partial charge in [-0.3, -0.25) is 19.7 Å². The zero-order valence-electron chi connectivity index (χ0n) is 14.9. The number of nitro benzene ring substituents is 1. The van der Waals surface area contributed by atoms with E-state index in [1.54, 1.807) is 0 Å². The minimum Gasteiger partial charge on any atom is -0.481 e. The van der Waals surface area contributed by atoms with Gasteiger partial charge in [0.1, 0.15) is 11.4 Å². The van der Waals surface area contributed by atoms with Crippen LogP contribution < -0.4 is 0 Å². The number of rotatable bonds is 4. The molecule has 2 atom stereocenters. The number of likely N-dealkylation sites (tertiary alicyclic amines) is 1. The van der Waals surface area contributed by atoms with E-state index in [1.165, 1.54) is 11.8 Å². The summed E-state index contributed by atoms with van der Waals surface area (Å²) in [6.45, 7) is 2.45. The van der Waals surface area contributed by atoms with Crippen LogP contribution in [0.1, 0.15) is 35.2 Å². The Morgan fingerprint density at radius 1 is 1.30 bits per heavy atom. The Bertz CT molecular complexity index is 775. The molecule has 2 aliphatic heterocycles. The predicted octanol–water partition coefficient (Wildman–Crippen LogP) is 2.38. The monoisotopic (exact) mass is 380 g/mol. The maximum atomic E-state index is 13.7. The molecule has 1 amide bonds. The number of nitro groups is 1. The van der Waals surface area contributed by atoms with E-state index in [2.05, 4.69) is 0 Å². The van der Waals surface area contributed by atoms with Crippen LogP contribution in [0.25, 0.3) is 0 Å². The van der Waals surface area contributed by atoms with Gasteiger partial charge in [-0.2, -0.15) is 0 Å². The summed E-state index contributed by atoms with van der Waals surface area (Å²) in [5.41, 5.74) is -0.535. The summed E-state index contributed by atoms with van der Waals surface area (Å²) in [6.07, 6.45) is 1.20. The number of benzene rings is 1. The van der Waals surface area contributed by atoms with Crippen molar-refractivity contribution in [1.82, 2.24) is 4.90 Å². The lowest BCUT2D eigenvalue weighted by atomic mass is 9.84. The van der Waals surface area contributed by atoms with Gasteiger partial charge in [0.2, 0.25) is 0 Å². The maximum absolute atomic E-state index is 13.7. The van der Waals surface area contributed by atoms with Crippen molar-refractivity contribution in [1.29, 1.82) is 0 Å². The minimum atomic E-state index is -0.873. The predicted molar refractivity (Wildman–Crippen MR) is 91.9 cm³/mol. The highest BCUT2D eigenvalue weighted by Gasteiger charge is 2.41. The molecule has 8 nitrogen and oxygen atoms in total. The average Bonchev–Trinajstić information content (AvgIpc) is 3.10. The number of aryl methyl sites for hydroxylation is 1. The third-order valence-electron chi connectivity index (χ3n) is 5.42. The third-order valence-corrected chi connectivity index (χ3v) is 5.42. The molecule has 0 aromatic heterocycles. The standard InChI is InChI=1S/C18H21FN2O6/c1-10-8-12(19)9-14(15(10)21(25)26)17(22)20-5-2-11(3-6-20)16-13(18(23)24)4-7-27-16/h8-9,11,13,16H,2-7H2,1H3,(H,23,24)/t13?,16-/m0/s1. The Labute approximate surface area is 155 Å². The van der Waals surface area contributed by atoms with Crippen molar-refractivity contribution >= 4 is 17.6 Å². The van der Waals surface area contributed by atoms with E-state index < -0.39 is 28.5 Å². The molecule has 2 aliphatic rings. The topological polar surface area (TPSA) is 110 Å². The number of carbonyl (C=O) groups is 2. The Balaban J connectivity index is 1.73.